The maximum absolute atomic E-state index is 14.6. The van der Waals surface area contributed by atoms with Crippen molar-refractivity contribution in [1.29, 1.82) is 0 Å². The Labute approximate surface area is 347 Å². The van der Waals surface area contributed by atoms with E-state index < -0.39 is 47.5 Å². The van der Waals surface area contributed by atoms with Crippen LogP contribution in [-0.2, 0) is 46.5 Å². The quantitative estimate of drug-likeness (QED) is 0.0814. The molecule has 0 radical (unpaired) electrons. The summed E-state index contributed by atoms with van der Waals surface area (Å²) < 4.78 is 75.2. The van der Waals surface area contributed by atoms with E-state index in [0.29, 0.717) is 41.1 Å². The number of halogens is 5. The first-order valence-electron chi connectivity index (χ1n) is 19.1. The van der Waals surface area contributed by atoms with Crippen molar-refractivity contribution in [3.8, 4) is 16.9 Å². The third kappa shape index (κ3) is 12.9. The Morgan fingerprint density at radius 1 is 0.803 bits per heavy atom. The number of nitrogens with zero attached hydrogens (tertiary/aromatic N) is 3. The molecule has 0 spiro atoms. The molecule has 2 atom stereocenters. The molecule has 4 N–H and O–H groups in total. The summed E-state index contributed by atoms with van der Waals surface area (Å²) in [5.74, 6) is -5.18. The van der Waals surface area contributed by atoms with Gasteiger partial charge in [-0.2, -0.15) is 13.2 Å². The monoisotopic (exact) mass is 855 g/mol. The molecule has 1 amide bonds. The largest absolute Gasteiger partial charge is 0.492 e. The lowest BCUT2D eigenvalue weighted by molar-refractivity contribution is -0.165. The molecule has 5 aromatic rings. The van der Waals surface area contributed by atoms with E-state index in [-0.39, 0.29) is 42.8 Å². The highest BCUT2D eigenvalue weighted by Crippen LogP contribution is 2.31. The number of aliphatic carboxylic acids is 2. The van der Waals surface area contributed by atoms with Gasteiger partial charge < -0.3 is 39.5 Å². The zero-order valence-corrected chi connectivity index (χ0v) is 33.5. The molecule has 12 nitrogen and oxygen atoms in total. The number of carboxylic acid groups (broad SMARTS) is 2. The molecule has 0 aliphatic rings. The van der Waals surface area contributed by atoms with Crippen molar-refractivity contribution in [2.45, 2.75) is 58.2 Å². The molecule has 4 aromatic carbocycles. The van der Waals surface area contributed by atoms with Gasteiger partial charge in [0.15, 0.2) is 29.3 Å². The van der Waals surface area contributed by atoms with Crippen LogP contribution in [0.5, 0.6) is 5.75 Å². The minimum absolute atomic E-state index is 0.101. The van der Waals surface area contributed by atoms with Crippen LogP contribution in [-0.4, -0.2) is 98.1 Å². The standard InChI is InChI=1S/C40H40F5N3O3.C4H6O6/c1-4-47(5-2)21-22-51-33-19-20-34-36(24-33)48(32(23-37(34)49)18-15-30-7-6-8-35(41)39(30)42)26-38(50)46(3)25-27-9-11-28(12-10-27)29-13-16-31(17-14-29)40(43,44)45;5-1(3(7)8)2(6)4(9)10/h6-14,16-17,19-20,23-24H,4-5,15,18,21-22,25-26H2,1-3H3;1-2,5-6H,(H,7,8)(H,9,10). The number of alkyl halides is 3. The van der Waals surface area contributed by atoms with E-state index in [0.717, 1.165) is 42.4 Å². The highest BCUT2D eigenvalue weighted by molar-refractivity contribution is 5.84. The number of benzene rings is 4. The molecule has 0 saturated carbocycles. The third-order valence-electron chi connectivity index (χ3n) is 9.87. The van der Waals surface area contributed by atoms with E-state index in [1.165, 1.54) is 35.2 Å². The van der Waals surface area contributed by atoms with Gasteiger partial charge in [0, 0.05) is 43.4 Å². The number of carbonyl (C=O) groups excluding carboxylic acids is 1. The Morgan fingerprint density at radius 3 is 1.95 bits per heavy atom. The van der Waals surface area contributed by atoms with Gasteiger partial charge in [-0.25, -0.2) is 18.4 Å². The molecule has 61 heavy (non-hydrogen) atoms. The van der Waals surface area contributed by atoms with Crippen LogP contribution in [0.3, 0.4) is 0 Å². The number of amides is 1. The van der Waals surface area contributed by atoms with Crippen molar-refractivity contribution < 1.29 is 61.5 Å². The summed E-state index contributed by atoms with van der Waals surface area (Å²) in [6, 6.07) is 22.7. The lowest BCUT2D eigenvalue weighted by Crippen LogP contribution is -2.39. The smallest absolute Gasteiger partial charge is 0.416 e. The van der Waals surface area contributed by atoms with E-state index in [4.69, 9.17) is 25.2 Å². The molecular weight excluding hydrogens is 809 g/mol. The molecule has 326 valence electrons. The van der Waals surface area contributed by atoms with Crippen LogP contribution in [0.4, 0.5) is 22.0 Å². The molecule has 0 aliphatic heterocycles. The fourth-order valence-corrected chi connectivity index (χ4v) is 6.27. The van der Waals surface area contributed by atoms with Crippen LogP contribution >= 0.6 is 0 Å². The van der Waals surface area contributed by atoms with Crippen molar-refractivity contribution in [2.24, 2.45) is 0 Å². The Hall–Kier alpha value is -6.17. The van der Waals surface area contributed by atoms with Crippen LogP contribution < -0.4 is 10.2 Å². The van der Waals surface area contributed by atoms with E-state index in [1.54, 1.807) is 41.9 Å². The highest BCUT2D eigenvalue weighted by Gasteiger charge is 2.30. The zero-order valence-electron chi connectivity index (χ0n) is 33.5. The number of aliphatic hydroxyl groups excluding tert-OH is 2. The number of likely N-dealkylation sites (N-methyl/N-ethyl adjacent to an activating group) is 2. The summed E-state index contributed by atoms with van der Waals surface area (Å²) in [6.45, 7) is 7.15. The second kappa shape index (κ2) is 21.4. The fraction of sp³-hybridized carbons (Fsp3) is 0.318. The minimum Gasteiger partial charge on any atom is -0.492 e. The number of carbonyl (C=O) groups is 3. The van der Waals surface area contributed by atoms with Gasteiger partial charge in [-0.15, -0.1) is 0 Å². The van der Waals surface area contributed by atoms with Gasteiger partial charge in [-0.1, -0.05) is 62.4 Å². The number of fused-ring (bicyclic) bond motifs is 1. The summed E-state index contributed by atoms with van der Waals surface area (Å²) in [5.41, 5.74) is 2.31. The number of aliphatic hydroxyl groups is 2. The van der Waals surface area contributed by atoms with Crippen LogP contribution in [0, 0.1) is 11.6 Å². The van der Waals surface area contributed by atoms with Crippen molar-refractivity contribution in [3.63, 3.8) is 0 Å². The van der Waals surface area contributed by atoms with E-state index >= 15 is 0 Å². The summed E-state index contributed by atoms with van der Waals surface area (Å²) in [5, 5.41) is 32.9. The van der Waals surface area contributed by atoms with Crippen LogP contribution in [0.15, 0.2) is 95.8 Å². The number of hydrogen-bond donors (Lipinski definition) is 4. The second-order valence-electron chi connectivity index (χ2n) is 13.9. The molecule has 0 fully saturated rings. The molecule has 0 aliphatic carbocycles. The van der Waals surface area contributed by atoms with E-state index in [2.05, 4.69) is 18.7 Å². The lowest BCUT2D eigenvalue weighted by Gasteiger charge is -2.22. The zero-order chi connectivity index (χ0) is 45.0. The lowest BCUT2D eigenvalue weighted by atomic mass is 10.0. The first kappa shape index (κ1) is 47.5. The van der Waals surface area contributed by atoms with Gasteiger partial charge in [0.25, 0.3) is 0 Å². The van der Waals surface area contributed by atoms with Crippen molar-refractivity contribution in [1.82, 2.24) is 14.4 Å². The van der Waals surface area contributed by atoms with Crippen molar-refractivity contribution in [3.05, 3.63) is 135 Å². The molecule has 1 aromatic heterocycles. The maximum Gasteiger partial charge on any atom is 0.416 e. The van der Waals surface area contributed by atoms with Gasteiger partial charge in [0.2, 0.25) is 5.91 Å². The van der Waals surface area contributed by atoms with Crippen LogP contribution in [0.25, 0.3) is 22.0 Å². The molecule has 2 unspecified atom stereocenters. The average molecular weight is 856 g/mol. The summed E-state index contributed by atoms with van der Waals surface area (Å²) >= 11 is 0. The first-order valence-corrected chi connectivity index (χ1v) is 19.1. The van der Waals surface area contributed by atoms with Crippen LogP contribution in [0.1, 0.15) is 36.2 Å². The number of ether oxygens (including phenoxy) is 1. The Balaban J connectivity index is 0.000000727. The predicted octanol–water partition coefficient (Wildman–Crippen LogP) is 6.01. The number of rotatable bonds is 17. The van der Waals surface area contributed by atoms with Crippen LogP contribution in [0.2, 0.25) is 0 Å². The number of carboxylic acids is 2. The highest BCUT2D eigenvalue weighted by atomic mass is 19.4. The number of aryl methyl sites for hydroxylation is 2. The van der Waals surface area contributed by atoms with Gasteiger partial charge in [-0.3, -0.25) is 9.59 Å². The minimum atomic E-state index is -4.41. The topological polar surface area (TPSA) is 170 Å². The first-order chi connectivity index (χ1) is 28.8. The van der Waals surface area contributed by atoms with Gasteiger partial charge in [-0.05, 0) is 78.5 Å². The summed E-state index contributed by atoms with van der Waals surface area (Å²) in [6.07, 6.45) is -8.68. The normalized spacial score (nSPS) is 12.4. The molecular formula is C44H46F5N3O9. The molecule has 0 saturated heterocycles. The Kier molecular flexibility index (Phi) is 16.7. The molecule has 5 rings (SSSR count). The average Bonchev–Trinajstić information content (AvgIpc) is 3.23. The van der Waals surface area contributed by atoms with Crippen molar-refractivity contribution >= 4 is 28.7 Å². The Morgan fingerprint density at radius 2 is 1.39 bits per heavy atom. The van der Waals surface area contributed by atoms with Gasteiger partial charge >= 0.3 is 18.1 Å². The van der Waals surface area contributed by atoms with E-state index in [1.807, 2.05) is 12.1 Å². The van der Waals surface area contributed by atoms with E-state index in [9.17, 15) is 41.1 Å². The third-order valence-corrected chi connectivity index (χ3v) is 9.87. The number of hydrogen-bond acceptors (Lipinski definition) is 8. The second-order valence-corrected chi connectivity index (χ2v) is 13.9. The molecule has 0 bridgehead atoms. The van der Waals surface area contributed by atoms with Crippen molar-refractivity contribution in [2.75, 3.05) is 33.3 Å². The molecule has 1 heterocycles. The molecule has 17 heteroatoms. The van der Waals surface area contributed by atoms with Gasteiger partial charge in [0.1, 0.15) is 18.9 Å². The summed E-state index contributed by atoms with van der Waals surface area (Å²) in [4.78, 5) is 50.3. The summed E-state index contributed by atoms with van der Waals surface area (Å²) in [7, 11) is 1.65. The maximum atomic E-state index is 14.6. The SMILES string of the molecule is CCN(CC)CCOc1ccc2c(=O)cc(CCc3cccc(F)c3F)n(CC(=O)N(C)Cc3ccc(-c4ccc(C(F)(F)F)cc4)cc3)c2c1.O=C(O)C(O)C(O)C(=O)O. The fourth-order valence-electron chi connectivity index (χ4n) is 6.27. The predicted molar refractivity (Wildman–Crippen MR) is 216 cm³/mol. The van der Waals surface area contributed by atoms with Gasteiger partial charge in [0.05, 0.1) is 11.1 Å². The number of aromatic nitrogens is 1. The Bertz CT molecular complexity index is 2330. The number of pyridine rings is 1.